The highest BCUT2D eigenvalue weighted by Crippen LogP contribution is 2.30. The van der Waals surface area contributed by atoms with Crippen molar-refractivity contribution in [3.8, 4) is 11.1 Å². The van der Waals surface area contributed by atoms with Crippen LogP contribution in [0.4, 0.5) is 0 Å². The minimum absolute atomic E-state index is 0.405. The number of H-pyrrole nitrogens is 1. The highest BCUT2D eigenvalue weighted by molar-refractivity contribution is 5.99. The van der Waals surface area contributed by atoms with Crippen LogP contribution < -0.4 is 5.73 Å². The van der Waals surface area contributed by atoms with Crippen LogP contribution in [0.25, 0.3) is 21.9 Å². The third-order valence-corrected chi connectivity index (χ3v) is 4.65. The van der Waals surface area contributed by atoms with E-state index in [9.17, 15) is 4.79 Å². The topological polar surface area (TPSA) is 76.7 Å². The smallest absolute Gasteiger partial charge is 0.265 e. The van der Waals surface area contributed by atoms with Crippen molar-refractivity contribution in [3.63, 3.8) is 0 Å². The number of imidazole rings is 1. The van der Waals surface area contributed by atoms with Crippen LogP contribution in [0, 0.1) is 0 Å². The highest BCUT2D eigenvalue weighted by Gasteiger charge is 2.13. The second-order valence-electron chi connectivity index (χ2n) is 6.38. The van der Waals surface area contributed by atoms with E-state index >= 15 is 0 Å². The average molecular weight is 344 g/mol. The number of aromatic amines is 1. The van der Waals surface area contributed by atoms with E-state index in [1.165, 1.54) is 10.8 Å². The van der Waals surface area contributed by atoms with Crippen molar-refractivity contribution < 1.29 is 4.79 Å². The number of amides is 1. The van der Waals surface area contributed by atoms with Gasteiger partial charge < -0.3 is 15.3 Å². The molecule has 0 saturated heterocycles. The second-order valence-corrected chi connectivity index (χ2v) is 6.38. The summed E-state index contributed by atoms with van der Waals surface area (Å²) < 4.78 is 1.95. The van der Waals surface area contributed by atoms with Crippen molar-refractivity contribution >= 4 is 16.7 Å². The Morgan fingerprint density at radius 1 is 1.15 bits per heavy atom. The summed E-state index contributed by atoms with van der Waals surface area (Å²) in [6.45, 7) is 0.724. The zero-order chi connectivity index (χ0) is 17.9. The number of nitrogens with one attached hydrogen (secondary N) is 1. The Bertz CT molecular complexity index is 1040. The van der Waals surface area contributed by atoms with Gasteiger partial charge in [0.2, 0.25) is 0 Å². The van der Waals surface area contributed by atoms with Gasteiger partial charge in [0, 0.05) is 30.2 Å². The molecule has 0 fully saturated rings. The van der Waals surface area contributed by atoms with Gasteiger partial charge in [-0.1, -0.05) is 42.5 Å². The van der Waals surface area contributed by atoms with Crippen molar-refractivity contribution in [2.24, 2.45) is 5.73 Å². The Labute approximate surface area is 151 Å². The summed E-state index contributed by atoms with van der Waals surface area (Å²) in [6, 6.07) is 16.4. The lowest BCUT2D eigenvalue weighted by molar-refractivity contribution is 0.0991. The zero-order valence-electron chi connectivity index (χ0n) is 14.4. The highest BCUT2D eigenvalue weighted by atomic mass is 16.1. The lowest BCUT2D eigenvalue weighted by atomic mass is 10.0. The molecule has 26 heavy (non-hydrogen) atoms. The average Bonchev–Trinajstić information content (AvgIpc) is 3.31. The van der Waals surface area contributed by atoms with Gasteiger partial charge in [0.05, 0.1) is 6.33 Å². The first kappa shape index (κ1) is 16.1. The SMILES string of the molecule is NC(=O)c1cc(-c2cccc3ccccc23)cn1CCCc1cnc[nH]1. The molecule has 0 aliphatic heterocycles. The normalized spacial score (nSPS) is 11.1. The monoisotopic (exact) mass is 344 g/mol. The Kier molecular flexibility index (Phi) is 4.27. The maximum Gasteiger partial charge on any atom is 0.265 e. The first-order chi connectivity index (χ1) is 12.7. The summed E-state index contributed by atoms with van der Waals surface area (Å²) in [6.07, 6.45) is 7.30. The number of nitrogens with zero attached hydrogens (tertiary/aromatic N) is 2. The van der Waals surface area contributed by atoms with Crippen molar-refractivity contribution in [1.82, 2.24) is 14.5 Å². The summed E-state index contributed by atoms with van der Waals surface area (Å²) >= 11 is 0. The molecule has 0 spiro atoms. The fourth-order valence-corrected chi connectivity index (χ4v) is 3.39. The molecule has 0 aliphatic carbocycles. The van der Waals surface area contributed by atoms with Crippen molar-refractivity contribution in [3.05, 3.63) is 78.6 Å². The summed E-state index contributed by atoms with van der Waals surface area (Å²) in [4.78, 5) is 19.0. The van der Waals surface area contributed by atoms with Crippen LogP contribution in [0.2, 0.25) is 0 Å². The third-order valence-electron chi connectivity index (χ3n) is 4.65. The second kappa shape index (κ2) is 6.88. The summed E-state index contributed by atoms with van der Waals surface area (Å²) in [5.41, 5.74) is 9.36. The molecule has 3 N–H and O–H groups in total. The van der Waals surface area contributed by atoms with E-state index in [1.807, 2.05) is 41.2 Å². The first-order valence-corrected chi connectivity index (χ1v) is 8.68. The maximum atomic E-state index is 11.9. The molecule has 0 saturated carbocycles. The van der Waals surface area contributed by atoms with Crippen LogP contribution in [0.5, 0.6) is 0 Å². The van der Waals surface area contributed by atoms with Crippen LogP contribution >= 0.6 is 0 Å². The van der Waals surface area contributed by atoms with Crippen molar-refractivity contribution in [2.75, 3.05) is 0 Å². The van der Waals surface area contributed by atoms with E-state index in [-0.39, 0.29) is 0 Å². The Morgan fingerprint density at radius 2 is 2.00 bits per heavy atom. The van der Waals surface area contributed by atoms with E-state index in [1.54, 1.807) is 6.33 Å². The van der Waals surface area contributed by atoms with Crippen molar-refractivity contribution in [2.45, 2.75) is 19.4 Å². The molecule has 2 aromatic carbocycles. The van der Waals surface area contributed by atoms with E-state index < -0.39 is 5.91 Å². The van der Waals surface area contributed by atoms with Gasteiger partial charge in [-0.15, -0.1) is 0 Å². The number of primary amides is 1. The lowest BCUT2D eigenvalue weighted by Crippen LogP contribution is -2.16. The van der Waals surface area contributed by atoms with E-state index in [2.05, 4.69) is 34.2 Å². The van der Waals surface area contributed by atoms with Crippen LogP contribution in [-0.4, -0.2) is 20.4 Å². The number of hydrogen-bond donors (Lipinski definition) is 2. The minimum Gasteiger partial charge on any atom is -0.364 e. The first-order valence-electron chi connectivity index (χ1n) is 8.68. The number of rotatable bonds is 6. The van der Waals surface area contributed by atoms with Crippen LogP contribution in [0.15, 0.2) is 67.3 Å². The summed E-state index contributed by atoms with van der Waals surface area (Å²) in [7, 11) is 0. The van der Waals surface area contributed by atoms with Gasteiger partial charge in [0.15, 0.2) is 0 Å². The third kappa shape index (κ3) is 3.11. The molecular formula is C21H20N4O. The van der Waals surface area contributed by atoms with Gasteiger partial charge in [0.25, 0.3) is 5.91 Å². The number of aromatic nitrogens is 3. The van der Waals surface area contributed by atoms with Gasteiger partial charge in [0.1, 0.15) is 5.69 Å². The fourth-order valence-electron chi connectivity index (χ4n) is 3.39. The number of aryl methyl sites for hydroxylation is 2. The van der Waals surface area contributed by atoms with Crippen LogP contribution in [0.3, 0.4) is 0 Å². The molecule has 130 valence electrons. The number of carbonyl (C=O) groups is 1. The molecule has 0 aliphatic rings. The molecule has 0 radical (unpaired) electrons. The number of nitrogens with two attached hydrogens (primary N) is 1. The summed E-state index contributed by atoms with van der Waals surface area (Å²) in [5.74, 6) is -0.405. The predicted molar refractivity (Wildman–Crippen MR) is 103 cm³/mol. The zero-order valence-corrected chi connectivity index (χ0v) is 14.4. The molecular weight excluding hydrogens is 324 g/mol. The molecule has 0 bridgehead atoms. The number of carbonyl (C=O) groups excluding carboxylic acids is 1. The van der Waals surface area contributed by atoms with Gasteiger partial charge in [-0.05, 0) is 35.2 Å². The Hall–Kier alpha value is -3.34. The van der Waals surface area contributed by atoms with E-state index in [0.717, 1.165) is 36.2 Å². The minimum atomic E-state index is -0.405. The van der Waals surface area contributed by atoms with Gasteiger partial charge in [-0.25, -0.2) is 4.98 Å². The lowest BCUT2D eigenvalue weighted by Gasteiger charge is -2.06. The maximum absolute atomic E-state index is 11.9. The largest absolute Gasteiger partial charge is 0.364 e. The molecule has 1 amide bonds. The quantitative estimate of drug-likeness (QED) is 0.559. The Balaban J connectivity index is 1.66. The van der Waals surface area contributed by atoms with Crippen LogP contribution in [-0.2, 0) is 13.0 Å². The molecule has 5 heteroatoms. The van der Waals surface area contributed by atoms with E-state index in [0.29, 0.717) is 5.69 Å². The standard InChI is InChI=1S/C21H20N4O/c22-21(26)20-11-16(13-25(20)10-4-7-17-12-23-14-24-17)19-9-3-6-15-5-1-2-8-18(15)19/h1-3,5-6,8-9,11-14H,4,7,10H2,(H2,22,26)(H,23,24). The molecule has 5 nitrogen and oxygen atoms in total. The Morgan fingerprint density at radius 3 is 2.81 bits per heavy atom. The molecule has 2 heterocycles. The van der Waals surface area contributed by atoms with Gasteiger partial charge in [-0.3, -0.25) is 4.79 Å². The number of fused-ring (bicyclic) bond motifs is 1. The number of hydrogen-bond acceptors (Lipinski definition) is 2. The number of benzene rings is 2. The van der Waals surface area contributed by atoms with Gasteiger partial charge >= 0.3 is 0 Å². The molecule has 4 aromatic rings. The van der Waals surface area contributed by atoms with Crippen molar-refractivity contribution in [1.29, 1.82) is 0 Å². The molecule has 0 unspecified atom stereocenters. The van der Waals surface area contributed by atoms with Crippen LogP contribution in [0.1, 0.15) is 22.6 Å². The van der Waals surface area contributed by atoms with Gasteiger partial charge in [-0.2, -0.15) is 0 Å². The molecule has 4 rings (SSSR count). The molecule has 2 aromatic heterocycles. The fraction of sp³-hybridized carbons (Fsp3) is 0.143. The summed E-state index contributed by atoms with van der Waals surface area (Å²) in [5, 5.41) is 2.35. The molecule has 0 atom stereocenters. The van der Waals surface area contributed by atoms with E-state index in [4.69, 9.17) is 5.73 Å². The predicted octanol–water partition coefficient (Wildman–Crippen LogP) is 3.76.